The molecule has 0 spiro atoms. The molecule has 19 heavy (non-hydrogen) atoms. The summed E-state index contributed by atoms with van der Waals surface area (Å²) in [7, 11) is 1.72. The fourth-order valence-corrected chi connectivity index (χ4v) is 3.45. The summed E-state index contributed by atoms with van der Waals surface area (Å²) in [5.41, 5.74) is 1.28. The van der Waals surface area contributed by atoms with E-state index in [2.05, 4.69) is 44.6 Å². The van der Waals surface area contributed by atoms with Crippen molar-refractivity contribution in [2.24, 2.45) is 0 Å². The third-order valence-electron chi connectivity index (χ3n) is 3.16. The molecule has 0 saturated carbocycles. The molecule has 0 aromatic carbocycles. The largest absolute Gasteiger partial charge is 0.383 e. The molecular weight excluding hydrogens is 326 g/mol. The number of nitrogens with zero attached hydrogens (tertiary/aromatic N) is 3. The van der Waals surface area contributed by atoms with E-state index in [4.69, 9.17) is 4.74 Å². The average molecular weight is 344 g/mol. The van der Waals surface area contributed by atoms with Crippen molar-refractivity contribution in [3.63, 3.8) is 0 Å². The van der Waals surface area contributed by atoms with Crippen LogP contribution >= 0.6 is 27.3 Å². The van der Waals surface area contributed by atoms with Crippen LogP contribution < -0.4 is 4.90 Å². The molecule has 0 bridgehead atoms. The molecule has 0 unspecified atom stereocenters. The van der Waals surface area contributed by atoms with Crippen LogP contribution in [0.5, 0.6) is 0 Å². The number of hydrogen-bond donors (Lipinski definition) is 0. The van der Waals surface area contributed by atoms with E-state index in [9.17, 15) is 0 Å². The van der Waals surface area contributed by atoms with Gasteiger partial charge in [0.1, 0.15) is 17.0 Å². The molecule has 0 saturated heterocycles. The summed E-state index contributed by atoms with van der Waals surface area (Å²) in [4.78, 5) is 13.5. The van der Waals surface area contributed by atoms with Gasteiger partial charge < -0.3 is 9.64 Å². The highest BCUT2D eigenvalue weighted by Gasteiger charge is 2.16. The van der Waals surface area contributed by atoms with Gasteiger partial charge in [-0.25, -0.2) is 9.97 Å². The van der Waals surface area contributed by atoms with Crippen molar-refractivity contribution in [1.29, 1.82) is 0 Å². The van der Waals surface area contributed by atoms with Crippen LogP contribution in [0.3, 0.4) is 0 Å². The van der Waals surface area contributed by atoms with Gasteiger partial charge in [-0.15, -0.1) is 11.3 Å². The smallest absolute Gasteiger partial charge is 0.141 e. The summed E-state index contributed by atoms with van der Waals surface area (Å²) in [6.45, 7) is 6.71. The number of alkyl halides is 1. The molecule has 2 heterocycles. The van der Waals surface area contributed by atoms with E-state index in [-0.39, 0.29) is 0 Å². The summed E-state index contributed by atoms with van der Waals surface area (Å²) in [6, 6.07) is 0. The lowest BCUT2D eigenvalue weighted by Gasteiger charge is -2.23. The van der Waals surface area contributed by atoms with Crippen LogP contribution in [0.2, 0.25) is 0 Å². The van der Waals surface area contributed by atoms with E-state index in [1.54, 1.807) is 24.8 Å². The Morgan fingerprint density at radius 1 is 1.32 bits per heavy atom. The molecule has 4 nitrogen and oxygen atoms in total. The minimum Gasteiger partial charge on any atom is -0.383 e. The lowest BCUT2D eigenvalue weighted by Crippen LogP contribution is -2.30. The minimum absolute atomic E-state index is 0.695. The van der Waals surface area contributed by atoms with Crippen molar-refractivity contribution < 1.29 is 4.74 Å². The number of anilines is 1. The summed E-state index contributed by atoms with van der Waals surface area (Å²) < 4.78 is 5.19. The van der Waals surface area contributed by atoms with E-state index in [0.717, 1.165) is 29.1 Å². The lowest BCUT2D eigenvalue weighted by atomic mass is 10.2. The first-order valence-electron chi connectivity index (χ1n) is 6.19. The van der Waals surface area contributed by atoms with Crippen LogP contribution in [0.1, 0.15) is 10.4 Å². The first-order chi connectivity index (χ1) is 9.19. The van der Waals surface area contributed by atoms with Gasteiger partial charge in [0, 0.05) is 30.4 Å². The Balaban J connectivity index is 2.46. The van der Waals surface area contributed by atoms with Crippen LogP contribution in [-0.4, -0.2) is 42.1 Å². The summed E-state index contributed by atoms with van der Waals surface area (Å²) in [5.74, 6) is 1.02. The Morgan fingerprint density at radius 3 is 2.79 bits per heavy atom. The molecule has 0 aliphatic rings. The SMILES string of the molecule is COCCN(CCBr)c1ncnc2sc(C)c(C)c12. The molecule has 0 fully saturated rings. The standard InChI is InChI=1S/C13H18BrN3OS/c1-9-10(2)19-13-11(9)12(15-8-16-13)17(5-4-14)6-7-18-3/h8H,4-7H2,1-3H3. The van der Waals surface area contributed by atoms with Crippen molar-refractivity contribution in [3.05, 3.63) is 16.8 Å². The maximum absolute atomic E-state index is 5.19. The van der Waals surface area contributed by atoms with Gasteiger partial charge in [-0.2, -0.15) is 0 Å². The second kappa shape index (κ2) is 6.63. The Kier molecular flexibility index (Phi) is 5.13. The Morgan fingerprint density at radius 2 is 2.11 bits per heavy atom. The molecule has 0 aliphatic heterocycles. The molecule has 104 valence electrons. The zero-order valence-corrected chi connectivity index (χ0v) is 13.8. The van der Waals surface area contributed by atoms with Gasteiger partial charge in [-0.05, 0) is 19.4 Å². The second-order valence-electron chi connectivity index (χ2n) is 4.33. The normalized spacial score (nSPS) is 11.2. The molecule has 0 atom stereocenters. The number of fused-ring (bicyclic) bond motifs is 1. The molecule has 0 radical (unpaired) electrons. The number of ether oxygens (including phenoxy) is 1. The Bertz CT molecular complexity index is 558. The number of rotatable bonds is 6. The minimum atomic E-state index is 0.695. The van der Waals surface area contributed by atoms with E-state index in [1.165, 1.54) is 15.8 Å². The van der Waals surface area contributed by atoms with Crippen molar-refractivity contribution in [1.82, 2.24) is 9.97 Å². The van der Waals surface area contributed by atoms with Gasteiger partial charge in [0.2, 0.25) is 0 Å². The van der Waals surface area contributed by atoms with Gasteiger partial charge in [-0.3, -0.25) is 0 Å². The van der Waals surface area contributed by atoms with Crippen molar-refractivity contribution in [2.75, 3.05) is 37.0 Å². The molecule has 6 heteroatoms. The average Bonchev–Trinajstić information content (AvgIpc) is 2.70. The molecule has 2 rings (SSSR count). The highest BCUT2D eigenvalue weighted by atomic mass is 79.9. The lowest BCUT2D eigenvalue weighted by molar-refractivity contribution is 0.205. The van der Waals surface area contributed by atoms with E-state index < -0.39 is 0 Å². The first-order valence-corrected chi connectivity index (χ1v) is 8.13. The van der Waals surface area contributed by atoms with E-state index in [1.807, 2.05) is 0 Å². The molecule has 0 aliphatic carbocycles. The second-order valence-corrected chi connectivity index (χ2v) is 6.33. The zero-order valence-electron chi connectivity index (χ0n) is 11.4. The van der Waals surface area contributed by atoms with Crippen molar-refractivity contribution in [3.8, 4) is 0 Å². The monoisotopic (exact) mass is 343 g/mol. The molecule has 2 aromatic heterocycles. The number of aryl methyl sites for hydroxylation is 2. The quantitative estimate of drug-likeness (QED) is 0.755. The number of thiophene rings is 1. The van der Waals surface area contributed by atoms with E-state index in [0.29, 0.717) is 6.61 Å². The van der Waals surface area contributed by atoms with Gasteiger partial charge in [0.05, 0.1) is 12.0 Å². The van der Waals surface area contributed by atoms with Crippen LogP contribution in [0.4, 0.5) is 5.82 Å². The maximum Gasteiger partial charge on any atom is 0.141 e. The van der Waals surface area contributed by atoms with Crippen molar-refractivity contribution in [2.45, 2.75) is 13.8 Å². The summed E-state index contributed by atoms with van der Waals surface area (Å²) in [5, 5.41) is 2.09. The maximum atomic E-state index is 5.19. The molecule has 2 aromatic rings. The van der Waals surface area contributed by atoms with Crippen LogP contribution in [0, 0.1) is 13.8 Å². The zero-order chi connectivity index (χ0) is 13.8. The number of aromatic nitrogens is 2. The molecule has 0 amide bonds. The highest BCUT2D eigenvalue weighted by molar-refractivity contribution is 9.09. The number of methoxy groups -OCH3 is 1. The molecular formula is C13H18BrN3OS. The predicted octanol–water partition coefficient (Wildman–Crippen LogP) is 3.16. The third kappa shape index (κ3) is 3.07. The Hall–Kier alpha value is -0.720. The van der Waals surface area contributed by atoms with E-state index >= 15 is 0 Å². The first kappa shape index (κ1) is 14.7. The van der Waals surface area contributed by atoms with Crippen molar-refractivity contribution >= 4 is 43.3 Å². The number of hydrogen-bond acceptors (Lipinski definition) is 5. The summed E-state index contributed by atoms with van der Waals surface area (Å²) in [6.07, 6.45) is 1.65. The Labute approximate surface area is 125 Å². The topological polar surface area (TPSA) is 38.2 Å². The van der Waals surface area contributed by atoms with Crippen LogP contribution in [-0.2, 0) is 4.74 Å². The van der Waals surface area contributed by atoms with Crippen LogP contribution in [0.25, 0.3) is 10.2 Å². The highest BCUT2D eigenvalue weighted by Crippen LogP contribution is 2.34. The fraction of sp³-hybridized carbons (Fsp3) is 0.538. The van der Waals surface area contributed by atoms with Gasteiger partial charge in [0.15, 0.2) is 0 Å². The fourth-order valence-electron chi connectivity index (χ4n) is 2.03. The predicted molar refractivity (Wildman–Crippen MR) is 84.8 cm³/mol. The van der Waals surface area contributed by atoms with Crippen LogP contribution in [0.15, 0.2) is 6.33 Å². The third-order valence-corrected chi connectivity index (χ3v) is 4.63. The van der Waals surface area contributed by atoms with Gasteiger partial charge in [0.25, 0.3) is 0 Å². The van der Waals surface area contributed by atoms with Gasteiger partial charge >= 0.3 is 0 Å². The van der Waals surface area contributed by atoms with Gasteiger partial charge in [-0.1, -0.05) is 15.9 Å². The molecule has 0 N–H and O–H groups in total. The summed E-state index contributed by atoms with van der Waals surface area (Å²) >= 11 is 5.24. The number of halogens is 1.